The first-order valence-electron chi connectivity index (χ1n) is 6.80. The van der Waals surface area contributed by atoms with Gasteiger partial charge in [0.2, 0.25) is 5.91 Å². The minimum Gasteiger partial charge on any atom is -0.497 e. The number of benzene rings is 2. The number of carbonyl (C=O) groups excluding carboxylic acids is 2. The fraction of sp³-hybridized carbons (Fsp3) is 0.250. The van der Waals surface area contributed by atoms with Crippen molar-refractivity contribution in [3.05, 3.63) is 36.4 Å². The number of rotatable bonds is 4. The van der Waals surface area contributed by atoms with Crippen molar-refractivity contribution in [3.63, 3.8) is 0 Å². The lowest BCUT2D eigenvalue weighted by molar-refractivity contribution is -0.140. The lowest BCUT2D eigenvalue weighted by atomic mass is 10.1. The lowest BCUT2D eigenvalue weighted by Crippen LogP contribution is -2.33. The Morgan fingerprint density at radius 2 is 1.91 bits per heavy atom. The molecule has 0 spiro atoms. The zero-order chi connectivity index (χ0) is 15.5. The maximum atomic E-state index is 11.9. The number of esters is 1. The molecule has 2 aromatic carbocycles. The van der Waals surface area contributed by atoms with E-state index in [9.17, 15) is 9.59 Å². The average Bonchev–Trinajstić information content (AvgIpc) is 2.91. The highest BCUT2D eigenvalue weighted by Crippen LogP contribution is 2.25. The van der Waals surface area contributed by atoms with E-state index in [2.05, 4.69) is 0 Å². The Kier molecular flexibility index (Phi) is 4.20. The van der Waals surface area contributed by atoms with Gasteiger partial charge in [0.25, 0.3) is 0 Å². The van der Waals surface area contributed by atoms with Crippen molar-refractivity contribution in [2.45, 2.75) is 0 Å². The summed E-state index contributed by atoms with van der Waals surface area (Å²) < 4.78 is 10.5. The normalized spacial score (nSPS) is 14.4. The van der Waals surface area contributed by atoms with Crippen molar-refractivity contribution in [1.29, 1.82) is 0 Å². The van der Waals surface area contributed by atoms with E-state index in [1.165, 1.54) is 16.7 Å². The highest BCUT2D eigenvalue weighted by atomic mass is 32.2. The summed E-state index contributed by atoms with van der Waals surface area (Å²) in [6.07, 6.45) is 0. The molecule has 0 unspecified atom stereocenters. The Hall–Kier alpha value is -2.21. The summed E-state index contributed by atoms with van der Waals surface area (Å²) in [5.41, 5.74) is 0. The molecule has 3 rings (SSSR count). The standard InChI is InChI=1S/C16H15NO4S/c1-20-13-4-2-11-3-5-14(7-12(11)6-13)21-16(19)8-17-10-22-9-15(17)18/h2-7H,8-10H2,1H3. The zero-order valence-electron chi connectivity index (χ0n) is 12.1. The number of amides is 1. The summed E-state index contributed by atoms with van der Waals surface area (Å²) in [5, 5.41) is 1.96. The summed E-state index contributed by atoms with van der Waals surface area (Å²) in [4.78, 5) is 24.9. The van der Waals surface area contributed by atoms with Crippen molar-refractivity contribution >= 4 is 34.4 Å². The topological polar surface area (TPSA) is 55.8 Å². The van der Waals surface area contributed by atoms with Crippen molar-refractivity contribution in [3.8, 4) is 11.5 Å². The predicted octanol–water partition coefficient (Wildman–Crippen LogP) is 2.29. The number of nitrogens with zero attached hydrogens (tertiary/aromatic N) is 1. The molecule has 0 saturated carbocycles. The van der Waals surface area contributed by atoms with Crippen molar-refractivity contribution in [1.82, 2.24) is 4.90 Å². The van der Waals surface area contributed by atoms with Gasteiger partial charge in [-0.25, -0.2) is 4.79 Å². The van der Waals surface area contributed by atoms with Crippen LogP contribution in [0.15, 0.2) is 36.4 Å². The van der Waals surface area contributed by atoms with E-state index in [1.807, 2.05) is 24.3 Å². The van der Waals surface area contributed by atoms with Gasteiger partial charge in [0, 0.05) is 0 Å². The van der Waals surface area contributed by atoms with Crippen molar-refractivity contribution in [2.75, 3.05) is 25.3 Å². The Labute approximate surface area is 132 Å². The van der Waals surface area contributed by atoms with Crippen LogP contribution in [0.25, 0.3) is 10.8 Å². The minimum absolute atomic E-state index is 0.0119. The molecular weight excluding hydrogens is 302 g/mol. The van der Waals surface area contributed by atoms with Gasteiger partial charge < -0.3 is 14.4 Å². The SMILES string of the molecule is COc1ccc2ccc(OC(=O)CN3CSCC3=O)cc2c1. The van der Waals surface area contributed by atoms with Gasteiger partial charge in [-0.15, -0.1) is 11.8 Å². The molecule has 114 valence electrons. The lowest BCUT2D eigenvalue weighted by Gasteiger charge is -2.13. The Balaban J connectivity index is 1.72. The first-order valence-corrected chi connectivity index (χ1v) is 7.95. The van der Waals surface area contributed by atoms with Crippen LogP contribution in [0.4, 0.5) is 0 Å². The Bertz CT molecular complexity index is 731. The fourth-order valence-corrected chi connectivity index (χ4v) is 3.16. The molecule has 1 fully saturated rings. The molecule has 0 aromatic heterocycles. The molecule has 1 saturated heterocycles. The smallest absolute Gasteiger partial charge is 0.331 e. The third kappa shape index (κ3) is 3.17. The number of hydrogen-bond donors (Lipinski definition) is 0. The summed E-state index contributed by atoms with van der Waals surface area (Å²) in [6.45, 7) is -0.0119. The van der Waals surface area contributed by atoms with Crippen LogP contribution in [0.2, 0.25) is 0 Å². The first-order chi connectivity index (χ1) is 10.7. The largest absolute Gasteiger partial charge is 0.497 e. The second-order valence-electron chi connectivity index (χ2n) is 4.92. The first kappa shape index (κ1) is 14.7. The molecular formula is C16H15NO4S. The van der Waals surface area contributed by atoms with Crippen LogP contribution in [0.1, 0.15) is 0 Å². The van der Waals surface area contributed by atoms with E-state index < -0.39 is 5.97 Å². The highest BCUT2D eigenvalue weighted by molar-refractivity contribution is 8.00. The third-order valence-electron chi connectivity index (χ3n) is 3.40. The van der Waals surface area contributed by atoms with Gasteiger partial charge in [-0.1, -0.05) is 12.1 Å². The molecule has 0 N–H and O–H groups in total. The van der Waals surface area contributed by atoms with Gasteiger partial charge in [0.05, 0.1) is 18.7 Å². The zero-order valence-corrected chi connectivity index (χ0v) is 12.9. The summed E-state index contributed by atoms with van der Waals surface area (Å²) >= 11 is 1.50. The van der Waals surface area contributed by atoms with Gasteiger partial charge in [-0.05, 0) is 35.0 Å². The molecule has 1 aliphatic heterocycles. The highest BCUT2D eigenvalue weighted by Gasteiger charge is 2.23. The van der Waals surface area contributed by atoms with Gasteiger partial charge in [-0.3, -0.25) is 4.79 Å². The van der Waals surface area contributed by atoms with Crippen molar-refractivity contribution < 1.29 is 19.1 Å². The van der Waals surface area contributed by atoms with E-state index >= 15 is 0 Å². The summed E-state index contributed by atoms with van der Waals surface area (Å²) in [7, 11) is 1.61. The molecule has 6 heteroatoms. The minimum atomic E-state index is -0.432. The molecule has 0 radical (unpaired) electrons. The second-order valence-corrected chi connectivity index (χ2v) is 5.87. The molecule has 1 aliphatic rings. The maximum absolute atomic E-state index is 11.9. The van der Waals surface area contributed by atoms with E-state index in [4.69, 9.17) is 9.47 Å². The van der Waals surface area contributed by atoms with E-state index in [-0.39, 0.29) is 12.5 Å². The average molecular weight is 317 g/mol. The van der Waals surface area contributed by atoms with Crippen LogP contribution < -0.4 is 9.47 Å². The Morgan fingerprint density at radius 1 is 1.18 bits per heavy atom. The molecule has 0 aliphatic carbocycles. The van der Waals surface area contributed by atoms with Crippen LogP contribution >= 0.6 is 11.8 Å². The number of ether oxygens (including phenoxy) is 2. The number of carbonyl (C=O) groups is 2. The molecule has 5 nitrogen and oxygen atoms in total. The fourth-order valence-electron chi connectivity index (χ4n) is 2.25. The van der Waals surface area contributed by atoms with Gasteiger partial charge in [-0.2, -0.15) is 0 Å². The summed E-state index contributed by atoms with van der Waals surface area (Å²) in [6, 6.07) is 11.1. The van der Waals surface area contributed by atoms with Gasteiger partial charge in [0.1, 0.15) is 18.0 Å². The monoisotopic (exact) mass is 317 g/mol. The molecule has 1 amide bonds. The van der Waals surface area contributed by atoms with Gasteiger partial charge >= 0.3 is 5.97 Å². The number of thioether (sulfide) groups is 1. The van der Waals surface area contributed by atoms with E-state index in [0.717, 1.165) is 16.5 Å². The van der Waals surface area contributed by atoms with Crippen LogP contribution in [-0.2, 0) is 9.59 Å². The van der Waals surface area contributed by atoms with Gasteiger partial charge in [0.15, 0.2) is 0 Å². The number of methoxy groups -OCH3 is 1. The van der Waals surface area contributed by atoms with E-state index in [0.29, 0.717) is 17.4 Å². The van der Waals surface area contributed by atoms with Crippen LogP contribution in [0, 0.1) is 0 Å². The molecule has 0 bridgehead atoms. The number of hydrogen-bond acceptors (Lipinski definition) is 5. The second kappa shape index (κ2) is 6.27. The quantitative estimate of drug-likeness (QED) is 0.640. The molecule has 0 atom stereocenters. The third-order valence-corrected chi connectivity index (χ3v) is 4.34. The maximum Gasteiger partial charge on any atom is 0.331 e. The Morgan fingerprint density at radius 3 is 2.59 bits per heavy atom. The molecule has 2 aromatic rings. The van der Waals surface area contributed by atoms with Crippen LogP contribution in [0.3, 0.4) is 0 Å². The van der Waals surface area contributed by atoms with Crippen molar-refractivity contribution in [2.24, 2.45) is 0 Å². The number of fused-ring (bicyclic) bond motifs is 1. The van der Waals surface area contributed by atoms with Crippen LogP contribution in [-0.4, -0.2) is 42.1 Å². The summed E-state index contributed by atoms with van der Waals surface area (Å²) in [5.74, 6) is 1.73. The molecule has 22 heavy (non-hydrogen) atoms. The molecule has 1 heterocycles. The predicted molar refractivity (Wildman–Crippen MR) is 85.2 cm³/mol. The van der Waals surface area contributed by atoms with Crippen LogP contribution in [0.5, 0.6) is 11.5 Å². The van der Waals surface area contributed by atoms with E-state index in [1.54, 1.807) is 19.2 Å².